The van der Waals surface area contributed by atoms with Gasteiger partial charge in [0.25, 0.3) is 0 Å². The Morgan fingerprint density at radius 3 is 2.51 bits per heavy atom. The van der Waals surface area contributed by atoms with E-state index in [4.69, 9.17) is 28.9 Å². The van der Waals surface area contributed by atoms with Gasteiger partial charge in [-0.25, -0.2) is 13.2 Å². The average molecular weight is 595 g/mol. The second-order valence-electron chi connectivity index (χ2n) is 9.70. The first-order valence-corrected chi connectivity index (χ1v) is 13.3. The molecule has 2 aromatic heterocycles. The van der Waals surface area contributed by atoms with Crippen LogP contribution in [0.4, 0.5) is 13.2 Å². The maximum absolute atomic E-state index is 14.4. The lowest BCUT2D eigenvalue weighted by molar-refractivity contribution is -0.120. The summed E-state index contributed by atoms with van der Waals surface area (Å²) in [7, 11) is 0. The van der Waals surface area contributed by atoms with E-state index in [-0.39, 0.29) is 36.4 Å². The van der Waals surface area contributed by atoms with Gasteiger partial charge in [-0.05, 0) is 60.0 Å². The van der Waals surface area contributed by atoms with Crippen molar-refractivity contribution in [2.75, 3.05) is 0 Å². The van der Waals surface area contributed by atoms with Gasteiger partial charge >= 0.3 is 0 Å². The third kappa shape index (κ3) is 6.29. The van der Waals surface area contributed by atoms with E-state index >= 15 is 0 Å². The zero-order valence-corrected chi connectivity index (χ0v) is 23.1. The highest BCUT2D eigenvalue weighted by atomic mass is 35.5. The van der Waals surface area contributed by atoms with E-state index in [2.05, 4.69) is 16.7 Å². The number of pyridine rings is 1. The topological polar surface area (TPSA) is 73.8 Å². The van der Waals surface area contributed by atoms with Crippen molar-refractivity contribution in [3.05, 3.63) is 124 Å². The molecule has 0 aliphatic carbocycles. The van der Waals surface area contributed by atoms with E-state index in [1.165, 1.54) is 22.9 Å². The van der Waals surface area contributed by atoms with Crippen molar-refractivity contribution in [1.82, 2.24) is 14.8 Å². The predicted octanol–water partition coefficient (Wildman–Crippen LogP) is 7.74. The molecule has 0 amide bonds. The molecule has 5 aromatic rings. The number of hydrogen-bond acceptors (Lipinski definition) is 4. The number of hydrogen-bond donors (Lipinski definition) is 1. The molecule has 0 bridgehead atoms. The molecular formula is C31H23Cl2F3N4O. The summed E-state index contributed by atoms with van der Waals surface area (Å²) in [5.74, 6) is -2.79. The molecule has 5 nitrogen and oxygen atoms in total. The molecule has 0 aliphatic heterocycles. The Balaban J connectivity index is 1.53. The lowest BCUT2D eigenvalue weighted by Gasteiger charge is -2.20. The quantitative estimate of drug-likeness (QED) is 0.189. The van der Waals surface area contributed by atoms with Crippen molar-refractivity contribution >= 4 is 45.6 Å². The van der Waals surface area contributed by atoms with E-state index < -0.39 is 23.4 Å². The molecule has 208 valence electrons. The Bertz CT molecular complexity index is 1780. The fourth-order valence-corrected chi connectivity index (χ4v) is 5.47. The van der Waals surface area contributed by atoms with Crippen molar-refractivity contribution in [3.8, 4) is 11.1 Å². The number of halogens is 5. The lowest BCUT2D eigenvalue weighted by Crippen LogP contribution is -2.17. The number of aromatic nitrogens is 3. The van der Waals surface area contributed by atoms with Crippen molar-refractivity contribution in [2.24, 2.45) is 5.73 Å². The van der Waals surface area contributed by atoms with E-state index in [0.717, 1.165) is 6.07 Å². The number of ketones is 1. The Morgan fingerprint density at radius 2 is 1.78 bits per heavy atom. The number of fused-ring (bicyclic) bond motifs is 1. The van der Waals surface area contributed by atoms with E-state index in [9.17, 15) is 18.0 Å². The fourth-order valence-electron chi connectivity index (χ4n) is 4.94. The van der Waals surface area contributed by atoms with Gasteiger partial charge in [-0.2, -0.15) is 5.10 Å². The first-order chi connectivity index (χ1) is 19.6. The molecule has 2 heterocycles. The second kappa shape index (κ2) is 11.8. The highest BCUT2D eigenvalue weighted by molar-refractivity contribution is 6.38. The van der Waals surface area contributed by atoms with Crippen molar-refractivity contribution < 1.29 is 18.0 Å². The van der Waals surface area contributed by atoms with Gasteiger partial charge in [0.05, 0.1) is 22.4 Å². The van der Waals surface area contributed by atoms with Crippen LogP contribution < -0.4 is 5.73 Å². The van der Waals surface area contributed by atoms with Crippen molar-refractivity contribution in [2.45, 2.75) is 25.3 Å². The van der Waals surface area contributed by atoms with E-state index in [1.807, 2.05) is 0 Å². The molecule has 0 spiro atoms. The second-order valence-corrected chi connectivity index (χ2v) is 10.5. The lowest BCUT2D eigenvalue weighted by atomic mass is 9.86. The molecule has 0 unspecified atom stereocenters. The summed E-state index contributed by atoms with van der Waals surface area (Å²) < 4.78 is 44.1. The zero-order valence-electron chi connectivity index (χ0n) is 21.6. The van der Waals surface area contributed by atoms with Crippen LogP contribution in [-0.4, -0.2) is 20.5 Å². The first kappa shape index (κ1) is 28.4. The van der Waals surface area contributed by atoms with Crippen molar-refractivity contribution in [3.63, 3.8) is 0 Å². The zero-order chi connectivity index (χ0) is 29.3. The third-order valence-electron chi connectivity index (χ3n) is 6.73. The molecule has 0 aliphatic rings. The van der Waals surface area contributed by atoms with Gasteiger partial charge in [0.1, 0.15) is 24.0 Å². The Morgan fingerprint density at radius 1 is 1.02 bits per heavy atom. The molecule has 41 heavy (non-hydrogen) atoms. The Hall–Kier alpha value is -4.14. The minimum atomic E-state index is -0.729. The predicted molar refractivity (Wildman–Crippen MR) is 155 cm³/mol. The number of benzene rings is 3. The minimum Gasteiger partial charge on any atom is -0.399 e. The summed E-state index contributed by atoms with van der Waals surface area (Å²) in [5.41, 5.74) is 8.66. The normalized spacial score (nSPS) is 12.0. The highest BCUT2D eigenvalue weighted by Gasteiger charge is 2.24. The van der Waals surface area contributed by atoms with Crippen LogP contribution in [0.25, 0.3) is 27.7 Å². The van der Waals surface area contributed by atoms with E-state index in [0.29, 0.717) is 43.3 Å². The molecule has 0 radical (unpaired) electrons. The van der Waals surface area contributed by atoms with Crippen LogP contribution in [0.15, 0.2) is 79.6 Å². The molecule has 0 saturated heterocycles. The SMILES string of the molecule is C=C(N)c1cc(-c2cccnc2[C@@H](CC(=O)Cn2ncc3c(Cl)cc(Cl)cc32)Cc2cc(F)cc(F)c2)ccc1F. The molecule has 1 atom stereocenters. The van der Waals surface area contributed by atoms with E-state index in [1.54, 1.807) is 48.8 Å². The number of nitrogens with zero attached hydrogens (tertiary/aromatic N) is 3. The summed E-state index contributed by atoms with van der Waals surface area (Å²) in [5, 5.41) is 5.77. The van der Waals surface area contributed by atoms with Gasteiger partial charge in [0, 0.05) is 51.8 Å². The number of carbonyl (C=O) groups excluding carboxylic acids is 1. The number of Topliss-reactive ketones (excluding diaryl/α,β-unsaturated/α-hetero) is 1. The van der Waals surface area contributed by atoms with Crippen LogP contribution in [0.5, 0.6) is 0 Å². The smallest absolute Gasteiger partial charge is 0.154 e. The van der Waals surface area contributed by atoms with Gasteiger partial charge < -0.3 is 5.73 Å². The monoisotopic (exact) mass is 594 g/mol. The number of carbonyl (C=O) groups is 1. The number of nitrogens with two attached hydrogens (primary N) is 1. The van der Waals surface area contributed by atoms with Gasteiger partial charge in [-0.3, -0.25) is 14.5 Å². The molecule has 0 saturated carbocycles. The average Bonchev–Trinajstić information content (AvgIpc) is 3.30. The standard InChI is InChI=1S/C31H23Cl2F3N4O/c1-17(37)26-11-19(4-5-29(26)36)25-3-2-6-38-31(25)20(7-18-8-22(34)14-23(35)9-18)10-24(41)16-40-30-13-21(32)12-28(33)27(30)15-39-40/h2-6,8-9,11-15,20H,1,7,10,16,37H2/t20-/m1/s1. The van der Waals surface area contributed by atoms with Gasteiger partial charge in [-0.15, -0.1) is 0 Å². The maximum atomic E-state index is 14.4. The van der Waals surface area contributed by atoms with Gasteiger partial charge in [0.2, 0.25) is 0 Å². The summed E-state index contributed by atoms with van der Waals surface area (Å²) in [4.78, 5) is 18.1. The molecule has 2 N–H and O–H groups in total. The van der Waals surface area contributed by atoms with Crippen LogP contribution in [-0.2, 0) is 17.8 Å². The van der Waals surface area contributed by atoms with Gasteiger partial charge in [0.15, 0.2) is 5.78 Å². The van der Waals surface area contributed by atoms with Crippen LogP contribution in [0, 0.1) is 17.5 Å². The molecular weight excluding hydrogens is 572 g/mol. The summed E-state index contributed by atoms with van der Waals surface area (Å²) >= 11 is 12.4. The van der Waals surface area contributed by atoms with Crippen LogP contribution in [0.1, 0.15) is 29.2 Å². The summed E-state index contributed by atoms with van der Waals surface area (Å²) in [6.07, 6.45) is 3.21. The largest absolute Gasteiger partial charge is 0.399 e. The fraction of sp³-hybridized carbons (Fsp3) is 0.129. The third-order valence-corrected chi connectivity index (χ3v) is 7.26. The minimum absolute atomic E-state index is 0.0323. The Kier molecular flexibility index (Phi) is 8.15. The molecule has 10 heteroatoms. The van der Waals surface area contributed by atoms with Crippen LogP contribution >= 0.6 is 23.2 Å². The molecule has 5 rings (SSSR count). The van der Waals surface area contributed by atoms with Crippen LogP contribution in [0.3, 0.4) is 0 Å². The van der Waals surface area contributed by atoms with Crippen molar-refractivity contribution in [1.29, 1.82) is 0 Å². The molecule has 3 aromatic carbocycles. The molecule has 0 fully saturated rings. The summed E-state index contributed by atoms with van der Waals surface area (Å²) in [6.45, 7) is 3.55. The number of rotatable bonds is 9. The first-order valence-electron chi connectivity index (χ1n) is 12.6. The Labute approximate surface area is 244 Å². The van der Waals surface area contributed by atoms with Crippen LogP contribution in [0.2, 0.25) is 10.0 Å². The maximum Gasteiger partial charge on any atom is 0.154 e. The summed E-state index contributed by atoms with van der Waals surface area (Å²) in [6, 6.07) is 14.4. The highest BCUT2D eigenvalue weighted by Crippen LogP contribution is 2.34. The van der Waals surface area contributed by atoms with Gasteiger partial charge in [-0.1, -0.05) is 41.9 Å².